The molecule has 2 N–H and O–H groups in total. The Morgan fingerprint density at radius 1 is 1.06 bits per heavy atom. The molecule has 0 aromatic heterocycles. The van der Waals surface area contributed by atoms with E-state index in [4.69, 9.17) is 4.74 Å². The van der Waals surface area contributed by atoms with Crippen LogP contribution in [-0.4, -0.2) is 73.9 Å². The van der Waals surface area contributed by atoms with Crippen LogP contribution in [0.4, 0.5) is 0 Å². The van der Waals surface area contributed by atoms with Crippen LogP contribution in [0.2, 0.25) is 0 Å². The number of aryl methyl sites for hydroxylation is 1. The van der Waals surface area contributed by atoms with Gasteiger partial charge in [-0.15, -0.1) is 0 Å². The lowest BCUT2D eigenvalue weighted by Gasteiger charge is -2.34. The first kappa shape index (κ1) is 25.5. The van der Waals surface area contributed by atoms with Crippen LogP contribution in [0.15, 0.2) is 47.4 Å². The highest BCUT2D eigenvalue weighted by atomic mass is 32.2. The summed E-state index contributed by atoms with van der Waals surface area (Å²) in [7, 11) is -3.87. The number of phenols is 1. The average Bonchev–Trinajstić information content (AvgIpc) is 2.84. The van der Waals surface area contributed by atoms with Crippen LogP contribution in [0.1, 0.15) is 35.7 Å². The minimum absolute atomic E-state index is 0.106. The number of sulfonamides is 1. The lowest BCUT2D eigenvalue weighted by Crippen LogP contribution is -2.52. The summed E-state index contributed by atoms with van der Waals surface area (Å²) in [5.74, 6) is -0.270. The molecule has 10 heteroatoms. The molecule has 0 radical (unpaired) electrons. The van der Waals surface area contributed by atoms with Crippen molar-refractivity contribution in [2.45, 2.75) is 31.6 Å². The van der Waals surface area contributed by atoms with E-state index in [2.05, 4.69) is 12.2 Å². The predicted octanol–water partition coefficient (Wildman–Crippen LogP) is 2.14. The topological polar surface area (TPSA) is 116 Å². The molecule has 2 amide bonds. The maximum atomic E-state index is 12.9. The zero-order valence-corrected chi connectivity index (χ0v) is 20.3. The number of benzene rings is 2. The Bertz CT molecular complexity index is 1110. The molecule has 0 saturated carbocycles. The Morgan fingerprint density at radius 3 is 2.38 bits per heavy atom. The zero-order valence-electron chi connectivity index (χ0n) is 19.5. The van der Waals surface area contributed by atoms with E-state index in [0.717, 1.165) is 18.4 Å². The van der Waals surface area contributed by atoms with Crippen LogP contribution < -0.4 is 10.1 Å². The molecule has 1 aliphatic rings. The molecule has 1 heterocycles. The number of amides is 2. The molecule has 9 nitrogen and oxygen atoms in total. The molecule has 2 aromatic rings. The van der Waals surface area contributed by atoms with Gasteiger partial charge in [0.05, 0.1) is 13.2 Å². The SMILES string of the molecule is CCCCOc1ccc(C(=O)NCC(=O)N2CCN(S(=O)(=O)c3cc(C)ccc3O)CC2)cc1. The van der Waals surface area contributed by atoms with Crippen molar-refractivity contribution in [2.75, 3.05) is 39.3 Å². The first-order valence-electron chi connectivity index (χ1n) is 11.3. The van der Waals surface area contributed by atoms with Crippen LogP contribution in [0.25, 0.3) is 0 Å². The van der Waals surface area contributed by atoms with Gasteiger partial charge in [-0.25, -0.2) is 8.42 Å². The van der Waals surface area contributed by atoms with Gasteiger partial charge < -0.3 is 20.1 Å². The van der Waals surface area contributed by atoms with Gasteiger partial charge in [0.15, 0.2) is 0 Å². The fraction of sp³-hybridized carbons (Fsp3) is 0.417. The maximum absolute atomic E-state index is 12.9. The van der Waals surface area contributed by atoms with E-state index in [1.165, 1.54) is 21.3 Å². The number of nitrogens with one attached hydrogen (secondary N) is 1. The van der Waals surface area contributed by atoms with Crippen LogP contribution >= 0.6 is 0 Å². The Labute approximate surface area is 200 Å². The quantitative estimate of drug-likeness (QED) is 0.522. The number of rotatable bonds is 9. The van der Waals surface area contributed by atoms with Crippen molar-refractivity contribution in [3.63, 3.8) is 0 Å². The van der Waals surface area contributed by atoms with Crippen molar-refractivity contribution in [1.82, 2.24) is 14.5 Å². The highest BCUT2D eigenvalue weighted by Gasteiger charge is 2.31. The molecule has 1 saturated heterocycles. The minimum Gasteiger partial charge on any atom is -0.507 e. The number of carbonyl (C=O) groups is 2. The summed E-state index contributed by atoms with van der Waals surface area (Å²) in [5.41, 5.74) is 1.14. The number of ether oxygens (including phenoxy) is 1. The molecule has 2 aromatic carbocycles. The van der Waals surface area contributed by atoms with E-state index in [1.54, 1.807) is 37.3 Å². The Kier molecular flexibility index (Phi) is 8.51. The number of carbonyl (C=O) groups excluding carboxylic acids is 2. The summed E-state index contributed by atoms with van der Waals surface area (Å²) >= 11 is 0. The number of aromatic hydroxyl groups is 1. The predicted molar refractivity (Wildman–Crippen MR) is 127 cm³/mol. The van der Waals surface area contributed by atoms with Crippen LogP contribution in [-0.2, 0) is 14.8 Å². The first-order valence-corrected chi connectivity index (χ1v) is 12.7. The van der Waals surface area contributed by atoms with Crippen LogP contribution in [0.3, 0.4) is 0 Å². The van der Waals surface area contributed by atoms with Gasteiger partial charge in [0.25, 0.3) is 5.91 Å². The third kappa shape index (κ3) is 6.27. The van der Waals surface area contributed by atoms with Crippen molar-refractivity contribution in [3.05, 3.63) is 53.6 Å². The lowest BCUT2D eigenvalue weighted by atomic mass is 10.2. The molecule has 0 spiro atoms. The lowest BCUT2D eigenvalue weighted by molar-refractivity contribution is -0.131. The summed E-state index contributed by atoms with van der Waals surface area (Å²) in [4.78, 5) is 26.3. The number of unbranched alkanes of at least 4 members (excludes halogenated alkanes) is 1. The third-order valence-electron chi connectivity index (χ3n) is 5.61. The molecule has 3 rings (SSSR count). The van der Waals surface area contributed by atoms with Crippen molar-refractivity contribution in [2.24, 2.45) is 0 Å². The van der Waals surface area contributed by atoms with E-state index in [-0.39, 0.29) is 55.2 Å². The monoisotopic (exact) mass is 489 g/mol. The Morgan fingerprint density at radius 2 is 1.74 bits per heavy atom. The number of nitrogens with zero attached hydrogens (tertiary/aromatic N) is 2. The molecular formula is C24H31N3O6S. The number of phenolic OH excluding ortho intramolecular Hbond substituents is 1. The summed E-state index contributed by atoms with van der Waals surface area (Å²) in [6.07, 6.45) is 1.99. The van der Waals surface area contributed by atoms with Gasteiger partial charge in [-0.05, 0) is 55.3 Å². The fourth-order valence-electron chi connectivity index (χ4n) is 3.55. The number of hydrogen-bond donors (Lipinski definition) is 2. The molecule has 184 valence electrons. The largest absolute Gasteiger partial charge is 0.507 e. The van der Waals surface area contributed by atoms with Gasteiger partial charge in [-0.3, -0.25) is 9.59 Å². The van der Waals surface area contributed by atoms with Crippen molar-refractivity contribution in [3.8, 4) is 11.5 Å². The van der Waals surface area contributed by atoms with E-state index >= 15 is 0 Å². The maximum Gasteiger partial charge on any atom is 0.251 e. The van der Waals surface area contributed by atoms with Gasteiger partial charge >= 0.3 is 0 Å². The molecule has 0 aliphatic carbocycles. The molecule has 34 heavy (non-hydrogen) atoms. The van der Waals surface area contributed by atoms with E-state index in [1.807, 2.05) is 0 Å². The van der Waals surface area contributed by atoms with Crippen LogP contribution in [0, 0.1) is 6.92 Å². The third-order valence-corrected chi connectivity index (χ3v) is 7.54. The van der Waals surface area contributed by atoms with Gasteiger partial charge in [0, 0.05) is 31.7 Å². The normalized spacial score (nSPS) is 14.6. The molecule has 1 aliphatic heterocycles. The second-order valence-electron chi connectivity index (χ2n) is 8.17. The summed E-state index contributed by atoms with van der Waals surface area (Å²) < 4.78 is 32.6. The van der Waals surface area contributed by atoms with E-state index in [0.29, 0.717) is 17.9 Å². The highest BCUT2D eigenvalue weighted by molar-refractivity contribution is 7.89. The molecule has 0 bridgehead atoms. The van der Waals surface area contributed by atoms with E-state index in [9.17, 15) is 23.1 Å². The van der Waals surface area contributed by atoms with E-state index < -0.39 is 10.0 Å². The second kappa shape index (κ2) is 11.3. The fourth-order valence-corrected chi connectivity index (χ4v) is 5.14. The minimum atomic E-state index is -3.87. The highest BCUT2D eigenvalue weighted by Crippen LogP contribution is 2.27. The van der Waals surface area contributed by atoms with Gasteiger partial charge in [-0.1, -0.05) is 19.4 Å². The zero-order chi connectivity index (χ0) is 24.7. The summed E-state index contributed by atoms with van der Waals surface area (Å²) in [5, 5.41) is 12.6. The molecular weight excluding hydrogens is 458 g/mol. The van der Waals surface area contributed by atoms with Gasteiger partial charge in [-0.2, -0.15) is 4.31 Å². The number of hydrogen-bond acceptors (Lipinski definition) is 6. The van der Waals surface area contributed by atoms with Gasteiger partial charge in [0.2, 0.25) is 15.9 Å². The van der Waals surface area contributed by atoms with Crippen LogP contribution in [0.5, 0.6) is 11.5 Å². The average molecular weight is 490 g/mol. The summed E-state index contributed by atoms with van der Waals surface area (Å²) in [6, 6.07) is 11.2. The molecule has 1 fully saturated rings. The standard InChI is InChI=1S/C24H31N3O6S/c1-3-4-15-33-20-8-6-19(7-9-20)24(30)25-17-23(29)26-11-13-27(14-12-26)34(31,32)22-16-18(2)5-10-21(22)28/h5-10,16,28H,3-4,11-15,17H2,1-2H3,(H,25,30). The van der Waals surface area contributed by atoms with Crippen molar-refractivity contribution < 1.29 is 27.9 Å². The Hall–Kier alpha value is -3.11. The summed E-state index contributed by atoms with van der Waals surface area (Å²) in [6.45, 7) is 4.88. The first-order chi connectivity index (χ1) is 16.2. The molecule has 0 unspecified atom stereocenters. The smallest absolute Gasteiger partial charge is 0.251 e. The molecule has 0 atom stereocenters. The van der Waals surface area contributed by atoms with Crippen molar-refractivity contribution in [1.29, 1.82) is 0 Å². The second-order valence-corrected chi connectivity index (χ2v) is 10.1. The van der Waals surface area contributed by atoms with Gasteiger partial charge in [0.1, 0.15) is 16.4 Å². The number of piperazine rings is 1. The van der Waals surface area contributed by atoms with Crippen molar-refractivity contribution >= 4 is 21.8 Å². The Balaban J connectivity index is 1.49.